The third kappa shape index (κ3) is 16.9. The number of thioether (sulfide) groups is 1. The summed E-state index contributed by atoms with van der Waals surface area (Å²) < 4.78 is 0. The van der Waals surface area contributed by atoms with Gasteiger partial charge in [-0.2, -0.15) is 11.8 Å². The first-order valence-electron chi connectivity index (χ1n) is 12.6. The highest BCUT2D eigenvalue weighted by molar-refractivity contribution is 7.98. The lowest BCUT2D eigenvalue weighted by Crippen LogP contribution is -2.57. The molecular formula is C22H43N11O6S. The molecule has 40 heavy (non-hydrogen) atoms. The number of rotatable bonds is 21. The summed E-state index contributed by atoms with van der Waals surface area (Å²) in [5.74, 6) is -3.88. The summed E-state index contributed by atoms with van der Waals surface area (Å²) in [6.07, 6.45) is 2.38. The Labute approximate surface area is 237 Å². The second-order valence-corrected chi connectivity index (χ2v) is 9.80. The Morgan fingerprint density at radius 3 is 1.62 bits per heavy atom. The predicted molar refractivity (Wildman–Crippen MR) is 153 cm³/mol. The number of hydrogen-bond acceptors (Lipinski definition) is 9. The number of nitrogens with two attached hydrogens (primary N) is 6. The van der Waals surface area contributed by atoms with E-state index < -0.39 is 53.8 Å². The number of carbonyl (C=O) groups excluding carboxylic acids is 4. The smallest absolute Gasteiger partial charge is 0.326 e. The van der Waals surface area contributed by atoms with E-state index in [0.29, 0.717) is 12.2 Å². The van der Waals surface area contributed by atoms with Gasteiger partial charge in [-0.1, -0.05) is 0 Å². The van der Waals surface area contributed by atoms with Crippen LogP contribution >= 0.6 is 11.8 Å². The van der Waals surface area contributed by atoms with Crippen molar-refractivity contribution >= 4 is 53.3 Å². The normalized spacial score (nSPS) is 13.6. The number of carbonyl (C=O) groups is 5. The number of carboxylic acids is 1. The minimum absolute atomic E-state index is 0.0117. The molecule has 0 rings (SSSR count). The highest BCUT2D eigenvalue weighted by Crippen LogP contribution is 2.07. The third-order valence-corrected chi connectivity index (χ3v) is 6.06. The number of aliphatic imine (C=N–C) groups is 2. The fraction of sp³-hybridized carbons (Fsp3) is 0.682. The van der Waals surface area contributed by atoms with Crippen LogP contribution in [-0.4, -0.2) is 95.9 Å². The second-order valence-electron chi connectivity index (χ2n) is 8.81. The Morgan fingerprint density at radius 1 is 0.725 bits per heavy atom. The van der Waals surface area contributed by atoms with Crippen LogP contribution in [0.4, 0.5) is 0 Å². The fourth-order valence-corrected chi connectivity index (χ4v) is 3.78. The first kappa shape index (κ1) is 36.2. The maximum Gasteiger partial charge on any atom is 0.326 e. The first-order chi connectivity index (χ1) is 18.8. The van der Waals surface area contributed by atoms with Crippen LogP contribution in [0.15, 0.2) is 9.98 Å². The molecule has 0 saturated carbocycles. The van der Waals surface area contributed by atoms with Crippen LogP contribution < -0.4 is 50.4 Å². The molecule has 228 valence electrons. The van der Waals surface area contributed by atoms with Crippen LogP contribution in [0.1, 0.15) is 44.9 Å². The zero-order valence-electron chi connectivity index (χ0n) is 22.6. The average Bonchev–Trinajstić information content (AvgIpc) is 2.87. The number of primary amides is 1. The van der Waals surface area contributed by atoms with Gasteiger partial charge in [0.2, 0.25) is 23.6 Å². The first-order valence-corrected chi connectivity index (χ1v) is 13.9. The molecule has 0 aromatic rings. The van der Waals surface area contributed by atoms with E-state index in [4.69, 9.17) is 34.4 Å². The van der Waals surface area contributed by atoms with Crippen molar-refractivity contribution in [2.24, 2.45) is 44.4 Å². The summed E-state index contributed by atoms with van der Waals surface area (Å²) in [5, 5.41) is 17.0. The van der Waals surface area contributed by atoms with E-state index in [0.717, 1.165) is 0 Å². The fourth-order valence-electron chi connectivity index (χ4n) is 3.29. The maximum atomic E-state index is 13.2. The summed E-state index contributed by atoms with van der Waals surface area (Å²) in [4.78, 5) is 69.5. The minimum Gasteiger partial charge on any atom is -0.480 e. The molecule has 0 aliphatic carbocycles. The summed E-state index contributed by atoms with van der Waals surface area (Å²) >= 11 is 1.49. The van der Waals surface area contributed by atoms with Crippen molar-refractivity contribution in [1.29, 1.82) is 0 Å². The van der Waals surface area contributed by atoms with E-state index >= 15 is 0 Å². The molecule has 0 heterocycles. The van der Waals surface area contributed by atoms with Gasteiger partial charge in [-0.15, -0.1) is 0 Å². The maximum absolute atomic E-state index is 13.2. The van der Waals surface area contributed by atoms with Gasteiger partial charge in [-0.25, -0.2) is 4.79 Å². The lowest BCUT2D eigenvalue weighted by molar-refractivity contribution is -0.142. The highest BCUT2D eigenvalue weighted by Gasteiger charge is 2.30. The number of carboxylic acid groups (broad SMARTS) is 1. The van der Waals surface area contributed by atoms with Crippen LogP contribution in [0.2, 0.25) is 0 Å². The Bertz CT molecular complexity index is 910. The van der Waals surface area contributed by atoms with E-state index in [9.17, 15) is 29.1 Å². The Balaban J connectivity index is 5.68. The zero-order chi connectivity index (χ0) is 30.7. The van der Waals surface area contributed by atoms with Gasteiger partial charge >= 0.3 is 5.97 Å². The van der Waals surface area contributed by atoms with E-state index in [1.54, 1.807) is 0 Å². The van der Waals surface area contributed by atoms with Crippen LogP contribution in [0.3, 0.4) is 0 Å². The van der Waals surface area contributed by atoms with Crippen LogP contribution in [0.25, 0.3) is 0 Å². The summed E-state index contributed by atoms with van der Waals surface area (Å²) in [7, 11) is 0. The monoisotopic (exact) mass is 589 g/mol. The van der Waals surface area contributed by atoms with Gasteiger partial charge in [0, 0.05) is 19.5 Å². The lowest BCUT2D eigenvalue weighted by atomic mass is 10.1. The quantitative estimate of drug-likeness (QED) is 0.0347. The topological polar surface area (TPSA) is 323 Å². The lowest BCUT2D eigenvalue weighted by Gasteiger charge is -2.25. The average molecular weight is 590 g/mol. The van der Waals surface area contributed by atoms with Crippen molar-refractivity contribution in [1.82, 2.24) is 16.0 Å². The third-order valence-electron chi connectivity index (χ3n) is 5.42. The molecular weight excluding hydrogens is 546 g/mol. The van der Waals surface area contributed by atoms with Crippen molar-refractivity contribution in [3.05, 3.63) is 0 Å². The van der Waals surface area contributed by atoms with Crippen molar-refractivity contribution in [3.63, 3.8) is 0 Å². The van der Waals surface area contributed by atoms with Crippen LogP contribution in [0, 0.1) is 0 Å². The Hall–Kier alpha value is -3.80. The number of guanidine groups is 2. The molecule has 0 spiro atoms. The summed E-state index contributed by atoms with van der Waals surface area (Å²) in [5.41, 5.74) is 32.3. The SMILES string of the molecule is CSCCC(N)C(=O)NC(CCC(N)=O)C(=O)NC(CCCN=C(N)N)C(=O)NC(CCCN=C(N)N)C(=O)O. The van der Waals surface area contributed by atoms with Gasteiger partial charge < -0.3 is 55.5 Å². The number of aliphatic carboxylic acids is 1. The molecule has 17 nitrogen and oxygen atoms in total. The van der Waals surface area contributed by atoms with Gasteiger partial charge in [-0.3, -0.25) is 29.2 Å². The molecule has 0 aromatic carbocycles. The molecule has 4 amide bonds. The second kappa shape index (κ2) is 20.2. The van der Waals surface area contributed by atoms with Gasteiger partial charge in [0.05, 0.1) is 6.04 Å². The number of hydrogen-bond donors (Lipinski definition) is 10. The minimum atomic E-state index is -1.30. The summed E-state index contributed by atoms with van der Waals surface area (Å²) in [6.45, 7) is 0.288. The molecule has 0 aliphatic rings. The van der Waals surface area contributed by atoms with E-state index in [2.05, 4.69) is 25.9 Å². The highest BCUT2D eigenvalue weighted by atomic mass is 32.2. The summed E-state index contributed by atoms with van der Waals surface area (Å²) in [6, 6.07) is -4.65. The predicted octanol–water partition coefficient (Wildman–Crippen LogP) is -4.02. The van der Waals surface area contributed by atoms with Crippen molar-refractivity contribution in [2.75, 3.05) is 25.1 Å². The van der Waals surface area contributed by atoms with Gasteiger partial charge in [0.25, 0.3) is 0 Å². The molecule has 0 fully saturated rings. The molecule has 0 aromatic heterocycles. The Kier molecular flexibility index (Phi) is 18.2. The number of nitrogens with zero attached hydrogens (tertiary/aromatic N) is 2. The van der Waals surface area contributed by atoms with Gasteiger partial charge in [0.15, 0.2) is 11.9 Å². The molecule has 0 aliphatic heterocycles. The van der Waals surface area contributed by atoms with Gasteiger partial charge in [-0.05, 0) is 50.5 Å². The van der Waals surface area contributed by atoms with Crippen LogP contribution in [-0.2, 0) is 24.0 Å². The van der Waals surface area contributed by atoms with Gasteiger partial charge in [0.1, 0.15) is 18.1 Å². The largest absolute Gasteiger partial charge is 0.480 e. The van der Waals surface area contributed by atoms with E-state index in [1.807, 2.05) is 6.26 Å². The molecule has 0 saturated heterocycles. The van der Waals surface area contributed by atoms with E-state index in [1.165, 1.54) is 11.8 Å². The van der Waals surface area contributed by atoms with Crippen LogP contribution in [0.5, 0.6) is 0 Å². The van der Waals surface area contributed by atoms with Crippen molar-refractivity contribution in [2.45, 2.75) is 69.1 Å². The zero-order valence-corrected chi connectivity index (χ0v) is 23.5. The standard InChI is InChI=1S/C22H43N11O6S/c1-40-11-8-12(23)17(35)31-14(6-7-16(24)34)19(37)32-13(4-2-9-29-21(25)26)18(36)33-15(20(38)39)5-3-10-30-22(27)28/h12-15H,2-11,23H2,1H3,(H2,24,34)(H,31,35)(H,32,37)(H,33,36)(H,38,39)(H4,25,26,29)(H4,27,28,30). The van der Waals surface area contributed by atoms with Crippen molar-refractivity contribution < 1.29 is 29.1 Å². The van der Waals surface area contributed by atoms with Crippen molar-refractivity contribution in [3.8, 4) is 0 Å². The Morgan fingerprint density at radius 2 is 1.18 bits per heavy atom. The molecule has 0 bridgehead atoms. The molecule has 16 N–H and O–H groups in total. The number of amides is 4. The van der Waals surface area contributed by atoms with E-state index in [-0.39, 0.29) is 63.5 Å². The molecule has 4 atom stereocenters. The molecule has 18 heteroatoms. The molecule has 0 radical (unpaired) electrons. The molecule has 4 unspecified atom stereocenters. The number of nitrogens with one attached hydrogen (secondary N) is 3.